The topological polar surface area (TPSA) is 64.9 Å². The molecule has 1 aliphatic carbocycles. The zero-order valence-corrected chi connectivity index (χ0v) is 10.6. The van der Waals surface area contributed by atoms with Crippen molar-refractivity contribution in [3.05, 3.63) is 5.82 Å². The van der Waals surface area contributed by atoms with Crippen molar-refractivity contribution in [3.63, 3.8) is 0 Å². The predicted octanol–water partition coefficient (Wildman–Crippen LogP) is 0.455. The minimum absolute atomic E-state index is 0.677. The van der Waals surface area contributed by atoms with Crippen molar-refractivity contribution < 1.29 is 4.74 Å². The predicted molar refractivity (Wildman–Crippen MR) is 63.3 cm³/mol. The van der Waals surface area contributed by atoms with E-state index in [9.17, 15) is 0 Å². The minimum Gasteiger partial charge on any atom is -0.383 e. The summed E-state index contributed by atoms with van der Waals surface area (Å²) in [6.07, 6.45) is 2.73. The number of aromatic nitrogens is 4. The molecule has 6 nitrogen and oxygen atoms in total. The van der Waals surface area contributed by atoms with Crippen molar-refractivity contribution >= 4 is 0 Å². The Labute approximate surface area is 102 Å². The molecule has 0 bridgehead atoms. The molecule has 1 N–H and O–H groups in total. The highest BCUT2D eigenvalue weighted by molar-refractivity contribution is 4.84. The van der Waals surface area contributed by atoms with E-state index in [1.165, 1.54) is 12.8 Å². The van der Waals surface area contributed by atoms with Gasteiger partial charge in [0.25, 0.3) is 0 Å². The Morgan fingerprint density at radius 3 is 3.06 bits per heavy atom. The number of nitrogens with zero attached hydrogens (tertiary/aromatic N) is 4. The van der Waals surface area contributed by atoms with Gasteiger partial charge in [0.1, 0.15) is 0 Å². The first kappa shape index (κ1) is 12.4. The number of nitrogens with one attached hydrogen (secondary N) is 1. The first-order valence-corrected chi connectivity index (χ1v) is 6.26. The molecule has 0 radical (unpaired) electrons. The van der Waals surface area contributed by atoms with Gasteiger partial charge in [-0.2, -0.15) is 0 Å². The third kappa shape index (κ3) is 3.74. The molecule has 1 atom stereocenters. The van der Waals surface area contributed by atoms with E-state index in [-0.39, 0.29) is 0 Å². The van der Waals surface area contributed by atoms with E-state index in [0.29, 0.717) is 19.1 Å². The van der Waals surface area contributed by atoms with Crippen LogP contribution in [-0.4, -0.2) is 40.5 Å². The molecule has 1 saturated carbocycles. The van der Waals surface area contributed by atoms with E-state index < -0.39 is 0 Å². The Hall–Kier alpha value is -1.01. The largest absolute Gasteiger partial charge is 0.383 e. The van der Waals surface area contributed by atoms with E-state index >= 15 is 0 Å². The minimum atomic E-state index is 0.677. The normalized spacial score (nSPS) is 17.3. The van der Waals surface area contributed by atoms with Crippen LogP contribution >= 0.6 is 0 Å². The van der Waals surface area contributed by atoms with E-state index in [2.05, 4.69) is 27.8 Å². The summed E-state index contributed by atoms with van der Waals surface area (Å²) >= 11 is 0. The van der Waals surface area contributed by atoms with Gasteiger partial charge in [-0.3, -0.25) is 0 Å². The third-order valence-corrected chi connectivity index (χ3v) is 3.26. The summed E-state index contributed by atoms with van der Waals surface area (Å²) in [5, 5.41) is 15.1. The Kier molecular flexibility index (Phi) is 4.44. The van der Waals surface area contributed by atoms with E-state index in [0.717, 1.165) is 24.8 Å². The molecule has 17 heavy (non-hydrogen) atoms. The number of methoxy groups -OCH3 is 1. The van der Waals surface area contributed by atoms with Gasteiger partial charge in [-0.25, -0.2) is 4.68 Å². The van der Waals surface area contributed by atoms with E-state index in [1.54, 1.807) is 7.11 Å². The first-order chi connectivity index (χ1) is 8.31. The van der Waals surface area contributed by atoms with E-state index in [4.69, 9.17) is 4.74 Å². The number of ether oxygens (including phenoxy) is 1. The Morgan fingerprint density at radius 1 is 1.53 bits per heavy atom. The van der Waals surface area contributed by atoms with Crippen molar-refractivity contribution in [1.29, 1.82) is 0 Å². The molecular formula is C11H21N5O. The van der Waals surface area contributed by atoms with Gasteiger partial charge in [0.05, 0.1) is 13.2 Å². The molecule has 6 heteroatoms. The molecule has 2 rings (SSSR count). The van der Waals surface area contributed by atoms with Crippen LogP contribution in [0.25, 0.3) is 0 Å². The number of hydrogen-bond donors (Lipinski definition) is 1. The molecule has 1 aromatic heterocycles. The van der Waals surface area contributed by atoms with Crippen LogP contribution in [0.5, 0.6) is 0 Å². The van der Waals surface area contributed by atoms with Crippen molar-refractivity contribution in [2.75, 3.05) is 20.3 Å². The summed E-state index contributed by atoms with van der Waals surface area (Å²) in [5.41, 5.74) is 0. The average molecular weight is 239 g/mol. The molecule has 1 aromatic rings. The van der Waals surface area contributed by atoms with Crippen LogP contribution in [0.2, 0.25) is 0 Å². The summed E-state index contributed by atoms with van der Waals surface area (Å²) in [6.45, 7) is 5.44. The van der Waals surface area contributed by atoms with Gasteiger partial charge in [0.15, 0.2) is 5.82 Å². The van der Waals surface area contributed by atoms with Gasteiger partial charge >= 0.3 is 0 Å². The summed E-state index contributed by atoms with van der Waals surface area (Å²) in [6, 6.07) is 0. The van der Waals surface area contributed by atoms with Crippen LogP contribution < -0.4 is 5.32 Å². The first-order valence-electron chi connectivity index (χ1n) is 6.26. The van der Waals surface area contributed by atoms with Crippen molar-refractivity contribution in [2.45, 2.75) is 32.9 Å². The number of tetrazole rings is 1. The second-order valence-electron chi connectivity index (χ2n) is 4.76. The zero-order valence-electron chi connectivity index (χ0n) is 10.6. The average Bonchev–Trinajstić information content (AvgIpc) is 3.09. The molecule has 96 valence electrons. The Balaban J connectivity index is 1.78. The lowest BCUT2D eigenvalue weighted by Gasteiger charge is -2.11. The van der Waals surface area contributed by atoms with Gasteiger partial charge in [0, 0.05) is 20.2 Å². The van der Waals surface area contributed by atoms with Gasteiger partial charge in [-0.05, 0) is 35.1 Å². The molecule has 0 saturated heterocycles. The molecule has 1 fully saturated rings. The highest BCUT2D eigenvalue weighted by Gasteiger charge is 2.28. The number of rotatable bonds is 8. The van der Waals surface area contributed by atoms with Crippen LogP contribution in [0.1, 0.15) is 25.6 Å². The van der Waals surface area contributed by atoms with E-state index in [1.807, 2.05) is 4.68 Å². The quantitative estimate of drug-likeness (QED) is 0.667. The lowest BCUT2D eigenvalue weighted by atomic mass is 10.1. The summed E-state index contributed by atoms with van der Waals surface area (Å²) < 4.78 is 6.89. The molecule has 1 aliphatic rings. The zero-order chi connectivity index (χ0) is 12.1. The number of hydrogen-bond acceptors (Lipinski definition) is 5. The van der Waals surface area contributed by atoms with Gasteiger partial charge in [-0.15, -0.1) is 5.10 Å². The molecule has 1 unspecified atom stereocenters. The fourth-order valence-corrected chi connectivity index (χ4v) is 1.95. The molecule has 1 heterocycles. The lowest BCUT2D eigenvalue weighted by molar-refractivity contribution is 0.198. The molecule has 0 spiro atoms. The maximum Gasteiger partial charge on any atom is 0.165 e. The van der Waals surface area contributed by atoms with Crippen LogP contribution in [0.3, 0.4) is 0 Å². The second-order valence-corrected chi connectivity index (χ2v) is 4.76. The van der Waals surface area contributed by atoms with Crippen LogP contribution in [0.15, 0.2) is 0 Å². The van der Waals surface area contributed by atoms with Crippen molar-refractivity contribution in [2.24, 2.45) is 11.8 Å². The van der Waals surface area contributed by atoms with Gasteiger partial charge in [-0.1, -0.05) is 6.92 Å². The Bertz CT molecular complexity index is 336. The molecule has 0 amide bonds. The highest BCUT2D eigenvalue weighted by atomic mass is 16.5. The smallest absolute Gasteiger partial charge is 0.165 e. The standard InChI is InChI=1S/C11H21N5O/c1-9(10-3-4-10)8-16-11(13-14-15-16)7-12-5-6-17-2/h9-10,12H,3-8H2,1-2H3. The maximum absolute atomic E-state index is 4.97. The van der Waals surface area contributed by atoms with Crippen LogP contribution in [0, 0.1) is 11.8 Å². The lowest BCUT2D eigenvalue weighted by Crippen LogP contribution is -2.22. The monoisotopic (exact) mass is 239 g/mol. The highest BCUT2D eigenvalue weighted by Crippen LogP contribution is 2.37. The van der Waals surface area contributed by atoms with Crippen LogP contribution in [0.4, 0.5) is 0 Å². The fourth-order valence-electron chi connectivity index (χ4n) is 1.95. The van der Waals surface area contributed by atoms with Gasteiger partial charge < -0.3 is 10.1 Å². The molecule has 0 aliphatic heterocycles. The Morgan fingerprint density at radius 2 is 2.35 bits per heavy atom. The third-order valence-electron chi connectivity index (χ3n) is 3.26. The fraction of sp³-hybridized carbons (Fsp3) is 0.909. The maximum atomic E-state index is 4.97. The summed E-state index contributed by atoms with van der Waals surface area (Å²) in [7, 11) is 1.70. The molecule has 0 aromatic carbocycles. The SMILES string of the molecule is COCCNCc1nnnn1CC(C)C1CC1. The van der Waals surface area contributed by atoms with Crippen molar-refractivity contribution in [3.8, 4) is 0 Å². The van der Waals surface area contributed by atoms with Crippen LogP contribution in [-0.2, 0) is 17.8 Å². The van der Waals surface area contributed by atoms with Crippen molar-refractivity contribution in [1.82, 2.24) is 25.5 Å². The second kappa shape index (κ2) is 6.07. The molecular weight excluding hydrogens is 218 g/mol. The van der Waals surface area contributed by atoms with Gasteiger partial charge in [0.2, 0.25) is 0 Å². The summed E-state index contributed by atoms with van der Waals surface area (Å²) in [4.78, 5) is 0. The summed E-state index contributed by atoms with van der Waals surface area (Å²) in [5.74, 6) is 2.47.